The number of nitrogens with zero attached hydrogens (tertiary/aromatic N) is 1. The Hall–Kier alpha value is -1.03. The molecule has 0 spiro atoms. The molecule has 92 valence electrons. The van der Waals surface area contributed by atoms with Gasteiger partial charge in [-0.1, -0.05) is 28.8 Å². The Morgan fingerprint density at radius 3 is 2.71 bits per heavy atom. The summed E-state index contributed by atoms with van der Waals surface area (Å²) < 4.78 is 6.16. The fourth-order valence-electron chi connectivity index (χ4n) is 2.19. The van der Waals surface area contributed by atoms with Crippen LogP contribution in [0.15, 0.2) is 27.7 Å². The molecule has 2 rings (SSSR count). The van der Waals surface area contributed by atoms with Gasteiger partial charge in [-0.2, -0.15) is 0 Å². The van der Waals surface area contributed by atoms with E-state index in [1.54, 1.807) is 7.11 Å². The lowest BCUT2D eigenvalue weighted by Gasteiger charge is -2.09. The fourth-order valence-corrected chi connectivity index (χ4v) is 2.65. The molecule has 4 heteroatoms. The molecule has 1 aliphatic rings. The number of rotatable bonds is 3. The van der Waals surface area contributed by atoms with Crippen LogP contribution in [0.2, 0.25) is 0 Å². The SMILES string of the molecule is COc1cc(Br)cc(N=C(N)C2CCCC2)c1. The lowest BCUT2D eigenvalue weighted by molar-refractivity contribution is 0.414. The summed E-state index contributed by atoms with van der Waals surface area (Å²) in [5.74, 6) is 2.00. The minimum absolute atomic E-state index is 0.458. The van der Waals surface area contributed by atoms with Gasteiger partial charge in [0.1, 0.15) is 11.6 Å². The second kappa shape index (κ2) is 5.54. The number of benzene rings is 1. The van der Waals surface area contributed by atoms with Crippen molar-refractivity contribution in [2.75, 3.05) is 7.11 Å². The van der Waals surface area contributed by atoms with Crippen LogP contribution >= 0.6 is 15.9 Å². The first-order valence-corrected chi connectivity index (χ1v) is 6.67. The lowest BCUT2D eigenvalue weighted by Crippen LogP contribution is -2.20. The van der Waals surface area contributed by atoms with E-state index in [4.69, 9.17) is 10.5 Å². The highest BCUT2D eigenvalue weighted by Crippen LogP contribution is 2.29. The van der Waals surface area contributed by atoms with Gasteiger partial charge in [0.2, 0.25) is 0 Å². The van der Waals surface area contributed by atoms with Crippen molar-refractivity contribution in [1.29, 1.82) is 0 Å². The first kappa shape index (κ1) is 12.4. The van der Waals surface area contributed by atoms with Crippen LogP contribution in [0.4, 0.5) is 5.69 Å². The molecule has 0 aliphatic heterocycles. The van der Waals surface area contributed by atoms with Crippen molar-refractivity contribution in [2.24, 2.45) is 16.6 Å². The van der Waals surface area contributed by atoms with Gasteiger partial charge in [0, 0.05) is 16.5 Å². The summed E-state index contributed by atoms with van der Waals surface area (Å²) in [4.78, 5) is 4.49. The number of hydrogen-bond acceptors (Lipinski definition) is 2. The van der Waals surface area contributed by atoms with Crippen LogP contribution in [0.3, 0.4) is 0 Å². The van der Waals surface area contributed by atoms with Crippen molar-refractivity contribution < 1.29 is 4.74 Å². The highest BCUT2D eigenvalue weighted by Gasteiger charge is 2.18. The van der Waals surface area contributed by atoms with Crippen LogP contribution in [0.1, 0.15) is 25.7 Å². The van der Waals surface area contributed by atoms with E-state index in [2.05, 4.69) is 20.9 Å². The van der Waals surface area contributed by atoms with Crippen molar-refractivity contribution >= 4 is 27.5 Å². The first-order chi connectivity index (χ1) is 8.19. The molecule has 0 unspecified atom stereocenters. The first-order valence-electron chi connectivity index (χ1n) is 5.87. The Balaban J connectivity index is 2.21. The van der Waals surface area contributed by atoms with Crippen LogP contribution in [0, 0.1) is 5.92 Å². The van der Waals surface area contributed by atoms with Crippen molar-refractivity contribution in [3.63, 3.8) is 0 Å². The van der Waals surface area contributed by atoms with Gasteiger partial charge in [-0.25, -0.2) is 4.99 Å². The van der Waals surface area contributed by atoms with E-state index in [0.717, 1.165) is 21.7 Å². The monoisotopic (exact) mass is 296 g/mol. The summed E-state index contributed by atoms with van der Waals surface area (Å²) >= 11 is 3.44. The van der Waals surface area contributed by atoms with E-state index >= 15 is 0 Å². The van der Waals surface area contributed by atoms with Gasteiger partial charge in [0.15, 0.2) is 0 Å². The number of nitrogens with two attached hydrogens (primary N) is 1. The number of aliphatic imine (C=N–C) groups is 1. The molecule has 1 saturated carbocycles. The molecule has 0 saturated heterocycles. The third-order valence-electron chi connectivity index (χ3n) is 3.12. The number of ether oxygens (including phenoxy) is 1. The summed E-state index contributed by atoms with van der Waals surface area (Å²) in [6.07, 6.45) is 4.87. The maximum absolute atomic E-state index is 6.05. The number of halogens is 1. The van der Waals surface area contributed by atoms with Crippen molar-refractivity contribution in [1.82, 2.24) is 0 Å². The molecule has 0 bridgehead atoms. The topological polar surface area (TPSA) is 47.6 Å². The van der Waals surface area contributed by atoms with E-state index in [0.29, 0.717) is 5.92 Å². The minimum Gasteiger partial charge on any atom is -0.497 e. The Kier molecular flexibility index (Phi) is 4.05. The van der Waals surface area contributed by atoms with Gasteiger partial charge in [0.05, 0.1) is 12.8 Å². The molecule has 3 nitrogen and oxygen atoms in total. The molecule has 0 radical (unpaired) electrons. The zero-order valence-electron chi connectivity index (χ0n) is 9.95. The normalized spacial score (nSPS) is 17.4. The molecular weight excluding hydrogens is 280 g/mol. The zero-order chi connectivity index (χ0) is 12.3. The van der Waals surface area contributed by atoms with Crippen molar-refractivity contribution in [3.05, 3.63) is 22.7 Å². The Bertz CT molecular complexity index is 425. The molecule has 2 N–H and O–H groups in total. The van der Waals surface area contributed by atoms with Crippen LogP contribution in [0.25, 0.3) is 0 Å². The minimum atomic E-state index is 0.458. The predicted molar refractivity (Wildman–Crippen MR) is 73.9 cm³/mol. The Morgan fingerprint density at radius 2 is 2.06 bits per heavy atom. The quantitative estimate of drug-likeness (QED) is 0.684. The van der Waals surface area contributed by atoms with E-state index < -0.39 is 0 Å². The lowest BCUT2D eigenvalue weighted by atomic mass is 10.1. The highest BCUT2D eigenvalue weighted by atomic mass is 79.9. The molecule has 0 heterocycles. The van der Waals surface area contributed by atoms with Gasteiger partial charge < -0.3 is 10.5 Å². The smallest absolute Gasteiger partial charge is 0.122 e. The van der Waals surface area contributed by atoms with E-state index in [1.807, 2.05) is 18.2 Å². The van der Waals surface area contributed by atoms with Gasteiger partial charge in [0.25, 0.3) is 0 Å². The maximum atomic E-state index is 6.05. The highest BCUT2D eigenvalue weighted by molar-refractivity contribution is 9.10. The van der Waals surface area contributed by atoms with Crippen LogP contribution in [0.5, 0.6) is 5.75 Å². The molecule has 0 atom stereocenters. The molecule has 0 amide bonds. The number of amidine groups is 1. The molecule has 1 aromatic rings. The Morgan fingerprint density at radius 1 is 1.35 bits per heavy atom. The van der Waals surface area contributed by atoms with Crippen molar-refractivity contribution in [3.8, 4) is 5.75 Å². The molecule has 1 aliphatic carbocycles. The summed E-state index contributed by atoms with van der Waals surface area (Å²) in [6, 6.07) is 5.75. The second-order valence-corrected chi connectivity index (χ2v) is 5.28. The van der Waals surface area contributed by atoms with Crippen LogP contribution < -0.4 is 10.5 Å². The van der Waals surface area contributed by atoms with E-state index in [1.165, 1.54) is 25.7 Å². The largest absolute Gasteiger partial charge is 0.497 e. The van der Waals surface area contributed by atoms with Crippen LogP contribution in [-0.4, -0.2) is 12.9 Å². The van der Waals surface area contributed by atoms with Gasteiger partial charge in [-0.3, -0.25) is 0 Å². The fraction of sp³-hybridized carbons (Fsp3) is 0.462. The zero-order valence-corrected chi connectivity index (χ0v) is 11.5. The molecule has 0 aromatic heterocycles. The van der Waals surface area contributed by atoms with E-state index in [-0.39, 0.29) is 0 Å². The molecular formula is C13H17BrN2O. The van der Waals surface area contributed by atoms with Gasteiger partial charge in [-0.15, -0.1) is 0 Å². The third kappa shape index (κ3) is 3.22. The summed E-state index contributed by atoms with van der Waals surface area (Å²) in [5.41, 5.74) is 6.89. The van der Waals surface area contributed by atoms with Crippen LogP contribution in [-0.2, 0) is 0 Å². The summed E-state index contributed by atoms with van der Waals surface area (Å²) in [7, 11) is 1.65. The second-order valence-electron chi connectivity index (χ2n) is 4.37. The standard InChI is InChI=1S/C13H17BrN2O/c1-17-12-7-10(14)6-11(8-12)16-13(15)9-4-2-3-5-9/h6-9H,2-5H2,1H3,(H2,15,16). The number of methoxy groups -OCH3 is 1. The summed E-state index contributed by atoms with van der Waals surface area (Å²) in [5, 5.41) is 0. The molecule has 17 heavy (non-hydrogen) atoms. The van der Waals surface area contributed by atoms with E-state index in [9.17, 15) is 0 Å². The summed E-state index contributed by atoms with van der Waals surface area (Å²) in [6.45, 7) is 0. The maximum Gasteiger partial charge on any atom is 0.122 e. The average Bonchev–Trinajstić information content (AvgIpc) is 2.81. The average molecular weight is 297 g/mol. The van der Waals surface area contributed by atoms with Gasteiger partial charge >= 0.3 is 0 Å². The predicted octanol–water partition coefficient (Wildman–Crippen LogP) is 3.64. The molecule has 1 aromatic carbocycles. The number of hydrogen-bond donors (Lipinski definition) is 1. The third-order valence-corrected chi connectivity index (χ3v) is 3.58. The molecule has 1 fully saturated rings. The van der Waals surface area contributed by atoms with Crippen molar-refractivity contribution in [2.45, 2.75) is 25.7 Å². The van der Waals surface area contributed by atoms with Gasteiger partial charge in [-0.05, 0) is 25.0 Å². The Labute approximate surface area is 110 Å².